The topological polar surface area (TPSA) is 49.5 Å². The summed E-state index contributed by atoms with van der Waals surface area (Å²) < 4.78 is 0. The minimum atomic E-state index is -0.421. The molecule has 88 valence electrons. The summed E-state index contributed by atoms with van der Waals surface area (Å²) in [5.74, 6) is 0.641. The third-order valence-electron chi connectivity index (χ3n) is 3.32. The van der Waals surface area contributed by atoms with E-state index in [0.717, 1.165) is 19.6 Å². The van der Waals surface area contributed by atoms with Gasteiger partial charge in [0.2, 0.25) is 0 Å². The van der Waals surface area contributed by atoms with Crippen LogP contribution in [-0.4, -0.2) is 41.8 Å². The monoisotopic (exact) mass is 220 g/mol. The van der Waals surface area contributed by atoms with Gasteiger partial charge >= 0.3 is 0 Å². The van der Waals surface area contributed by atoms with Gasteiger partial charge in [0.05, 0.1) is 6.10 Å². The summed E-state index contributed by atoms with van der Waals surface area (Å²) in [7, 11) is 0. The van der Waals surface area contributed by atoms with Gasteiger partial charge in [-0.05, 0) is 12.5 Å². The quantitative estimate of drug-likeness (QED) is 0.789. The first-order valence-corrected chi connectivity index (χ1v) is 5.88. The summed E-state index contributed by atoms with van der Waals surface area (Å²) in [4.78, 5) is 2.30. The average Bonchev–Trinajstić information content (AvgIpc) is 2.23. The zero-order valence-corrected chi connectivity index (χ0v) is 9.71. The summed E-state index contributed by atoms with van der Waals surface area (Å²) in [5.41, 5.74) is 7.23. The zero-order valence-electron chi connectivity index (χ0n) is 9.71. The number of nitrogens with two attached hydrogens (primary N) is 1. The van der Waals surface area contributed by atoms with Gasteiger partial charge in [-0.3, -0.25) is 0 Å². The van der Waals surface area contributed by atoms with E-state index in [1.807, 2.05) is 6.07 Å². The lowest BCUT2D eigenvalue weighted by Gasteiger charge is -2.41. The number of rotatable bonds is 4. The minimum Gasteiger partial charge on any atom is -0.392 e. The Labute approximate surface area is 96.9 Å². The van der Waals surface area contributed by atoms with Gasteiger partial charge in [0.1, 0.15) is 0 Å². The minimum absolute atomic E-state index is 0.128. The summed E-state index contributed by atoms with van der Waals surface area (Å²) in [5, 5.41) is 9.32. The van der Waals surface area contributed by atoms with E-state index in [-0.39, 0.29) is 6.04 Å². The van der Waals surface area contributed by atoms with Crippen LogP contribution in [0.5, 0.6) is 0 Å². The molecular weight excluding hydrogens is 200 g/mol. The predicted octanol–water partition coefficient (Wildman–Crippen LogP) is 0.794. The maximum absolute atomic E-state index is 9.32. The van der Waals surface area contributed by atoms with Crippen molar-refractivity contribution in [2.75, 3.05) is 19.6 Å². The Morgan fingerprint density at radius 2 is 2.00 bits per heavy atom. The van der Waals surface area contributed by atoms with Gasteiger partial charge in [-0.1, -0.05) is 30.3 Å². The molecule has 1 aliphatic rings. The van der Waals surface area contributed by atoms with Crippen molar-refractivity contribution in [1.29, 1.82) is 0 Å². The molecule has 1 heterocycles. The van der Waals surface area contributed by atoms with Crippen molar-refractivity contribution < 1.29 is 5.11 Å². The van der Waals surface area contributed by atoms with E-state index in [9.17, 15) is 5.11 Å². The van der Waals surface area contributed by atoms with E-state index in [2.05, 4.69) is 29.2 Å². The highest BCUT2D eigenvalue weighted by Gasteiger charge is 2.29. The molecule has 1 saturated heterocycles. The highest BCUT2D eigenvalue weighted by atomic mass is 16.3. The van der Waals surface area contributed by atoms with Crippen LogP contribution in [0.4, 0.5) is 0 Å². The molecule has 3 nitrogen and oxygen atoms in total. The SMILES string of the molecule is CC(O)C(N)CN1CC(c2ccccc2)C1. The fraction of sp³-hybridized carbons (Fsp3) is 0.538. The lowest BCUT2D eigenvalue weighted by Crippen LogP contribution is -2.52. The first kappa shape index (κ1) is 11.6. The second-order valence-corrected chi connectivity index (χ2v) is 4.73. The number of nitrogens with zero attached hydrogens (tertiary/aromatic N) is 1. The first-order chi connectivity index (χ1) is 7.66. The molecule has 1 aliphatic heterocycles. The standard InChI is InChI=1S/C13H20N2O/c1-10(16)13(14)9-15-7-12(8-15)11-5-3-2-4-6-11/h2-6,10,12-13,16H,7-9,14H2,1H3. The van der Waals surface area contributed by atoms with Crippen LogP contribution in [0.25, 0.3) is 0 Å². The second-order valence-electron chi connectivity index (χ2n) is 4.73. The molecule has 0 spiro atoms. The van der Waals surface area contributed by atoms with E-state index in [1.54, 1.807) is 6.92 Å². The molecule has 0 aliphatic carbocycles. The van der Waals surface area contributed by atoms with Crippen LogP contribution in [0.1, 0.15) is 18.4 Å². The Kier molecular flexibility index (Phi) is 3.59. The molecule has 0 amide bonds. The summed E-state index contributed by atoms with van der Waals surface area (Å²) in [6.07, 6.45) is -0.421. The zero-order chi connectivity index (χ0) is 11.5. The van der Waals surface area contributed by atoms with Crippen LogP contribution in [-0.2, 0) is 0 Å². The van der Waals surface area contributed by atoms with Gasteiger partial charge in [-0.15, -0.1) is 0 Å². The molecule has 2 atom stereocenters. The van der Waals surface area contributed by atoms with Gasteiger partial charge < -0.3 is 15.7 Å². The average molecular weight is 220 g/mol. The van der Waals surface area contributed by atoms with Crippen LogP contribution in [0.2, 0.25) is 0 Å². The molecule has 2 rings (SSSR count). The van der Waals surface area contributed by atoms with Gasteiger partial charge in [0, 0.05) is 31.6 Å². The van der Waals surface area contributed by atoms with E-state index in [0.29, 0.717) is 5.92 Å². The molecule has 0 aromatic heterocycles. The van der Waals surface area contributed by atoms with Crippen molar-refractivity contribution in [3.05, 3.63) is 35.9 Å². The van der Waals surface area contributed by atoms with Gasteiger partial charge in [0.15, 0.2) is 0 Å². The molecule has 16 heavy (non-hydrogen) atoms. The molecular formula is C13H20N2O. The third-order valence-corrected chi connectivity index (χ3v) is 3.32. The molecule has 1 aromatic carbocycles. The fourth-order valence-corrected chi connectivity index (χ4v) is 2.11. The number of hydrogen-bond acceptors (Lipinski definition) is 3. The first-order valence-electron chi connectivity index (χ1n) is 5.88. The largest absolute Gasteiger partial charge is 0.392 e. The molecule has 1 fully saturated rings. The number of hydrogen-bond donors (Lipinski definition) is 2. The Morgan fingerprint density at radius 3 is 2.56 bits per heavy atom. The van der Waals surface area contributed by atoms with Crippen LogP contribution < -0.4 is 5.73 Å². The van der Waals surface area contributed by atoms with Crippen molar-refractivity contribution >= 4 is 0 Å². The Bertz CT molecular complexity index is 320. The van der Waals surface area contributed by atoms with Gasteiger partial charge in [0.25, 0.3) is 0 Å². The maximum atomic E-state index is 9.32. The van der Waals surface area contributed by atoms with Crippen LogP contribution in [0, 0.1) is 0 Å². The number of aliphatic hydroxyl groups excluding tert-OH is 1. The fourth-order valence-electron chi connectivity index (χ4n) is 2.11. The summed E-state index contributed by atoms with van der Waals surface area (Å²) in [6.45, 7) is 4.66. The molecule has 0 radical (unpaired) electrons. The smallest absolute Gasteiger partial charge is 0.0675 e. The van der Waals surface area contributed by atoms with E-state index in [4.69, 9.17) is 5.73 Å². The third kappa shape index (κ3) is 2.61. The predicted molar refractivity (Wildman–Crippen MR) is 65.3 cm³/mol. The second kappa shape index (κ2) is 4.95. The van der Waals surface area contributed by atoms with Gasteiger partial charge in [-0.2, -0.15) is 0 Å². The maximum Gasteiger partial charge on any atom is 0.0675 e. The van der Waals surface area contributed by atoms with Crippen molar-refractivity contribution in [2.24, 2.45) is 5.73 Å². The molecule has 1 aromatic rings. The number of likely N-dealkylation sites (tertiary alicyclic amines) is 1. The van der Waals surface area contributed by atoms with Crippen LogP contribution in [0.15, 0.2) is 30.3 Å². The highest BCUT2D eigenvalue weighted by molar-refractivity contribution is 5.22. The molecule has 0 saturated carbocycles. The Morgan fingerprint density at radius 1 is 1.38 bits per heavy atom. The molecule has 0 bridgehead atoms. The van der Waals surface area contributed by atoms with E-state index >= 15 is 0 Å². The van der Waals surface area contributed by atoms with Crippen LogP contribution >= 0.6 is 0 Å². The number of aliphatic hydroxyl groups is 1. The van der Waals surface area contributed by atoms with E-state index < -0.39 is 6.10 Å². The molecule has 2 unspecified atom stereocenters. The normalized spacial score (nSPS) is 21.4. The van der Waals surface area contributed by atoms with E-state index in [1.165, 1.54) is 5.56 Å². The van der Waals surface area contributed by atoms with Crippen LogP contribution in [0.3, 0.4) is 0 Å². The number of benzene rings is 1. The summed E-state index contributed by atoms with van der Waals surface area (Å²) in [6, 6.07) is 10.4. The lowest BCUT2D eigenvalue weighted by atomic mass is 9.91. The van der Waals surface area contributed by atoms with Crippen molar-refractivity contribution in [2.45, 2.75) is 25.0 Å². The van der Waals surface area contributed by atoms with Crippen molar-refractivity contribution in [3.8, 4) is 0 Å². The van der Waals surface area contributed by atoms with Crippen molar-refractivity contribution in [3.63, 3.8) is 0 Å². The molecule has 3 heteroatoms. The molecule has 3 N–H and O–H groups in total. The Hall–Kier alpha value is -0.900. The Balaban J connectivity index is 1.78. The highest BCUT2D eigenvalue weighted by Crippen LogP contribution is 2.26. The van der Waals surface area contributed by atoms with Gasteiger partial charge in [-0.25, -0.2) is 0 Å². The van der Waals surface area contributed by atoms with Crippen molar-refractivity contribution in [1.82, 2.24) is 4.90 Å². The lowest BCUT2D eigenvalue weighted by molar-refractivity contribution is 0.0919. The summed E-state index contributed by atoms with van der Waals surface area (Å²) >= 11 is 0.